The minimum atomic E-state index is -0.754. The molecule has 0 fully saturated rings. The molecular formula is C13H7FN4O. The van der Waals surface area contributed by atoms with Crippen LogP contribution in [-0.4, -0.2) is 5.78 Å². The number of benzene rings is 1. The molecule has 0 saturated carbocycles. The molecule has 92 valence electrons. The van der Waals surface area contributed by atoms with Crippen LogP contribution in [0.4, 0.5) is 10.1 Å². The number of carbonyl (C=O) groups is 1. The SMILES string of the molecule is CC(=O)c1cccc(F)c1NC(C#N)=C(C#N)C#N. The Bertz CT molecular complexity index is 670. The van der Waals surface area contributed by atoms with Crippen LogP contribution in [-0.2, 0) is 0 Å². The zero-order chi connectivity index (χ0) is 14.4. The number of rotatable bonds is 3. The number of anilines is 1. The predicted octanol–water partition coefficient (Wildman–Crippen LogP) is 2.27. The van der Waals surface area contributed by atoms with Gasteiger partial charge in [-0.15, -0.1) is 0 Å². The van der Waals surface area contributed by atoms with Gasteiger partial charge in [-0.05, 0) is 19.1 Å². The van der Waals surface area contributed by atoms with E-state index in [9.17, 15) is 9.18 Å². The average molecular weight is 254 g/mol. The molecular weight excluding hydrogens is 247 g/mol. The minimum absolute atomic E-state index is 0.0305. The smallest absolute Gasteiger partial charge is 0.163 e. The standard InChI is InChI=1S/C13H7FN4O/c1-8(19)10-3-2-4-11(14)13(10)18-12(7-17)9(5-15)6-16/h2-4,18H,1H3. The Morgan fingerprint density at radius 2 is 1.84 bits per heavy atom. The molecule has 19 heavy (non-hydrogen) atoms. The first kappa shape index (κ1) is 13.9. The van der Waals surface area contributed by atoms with E-state index in [1.807, 2.05) is 0 Å². The molecule has 0 spiro atoms. The molecule has 0 unspecified atom stereocenters. The maximum absolute atomic E-state index is 13.7. The molecule has 0 saturated heterocycles. The molecule has 0 aliphatic heterocycles. The molecule has 1 aromatic carbocycles. The van der Waals surface area contributed by atoms with Crippen molar-refractivity contribution in [1.29, 1.82) is 15.8 Å². The molecule has 0 aliphatic carbocycles. The van der Waals surface area contributed by atoms with Crippen molar-refractivity contribution in [2.45, 2.75) is 6.92 Å². The van der Waals surface area contributed by atoms with Crippen LogP contribution >= 0.6 is 0 Å². The molecule has 6 heteroatoms. The second-order valence-electron chi connectivity index (χ2n) is 3.43. The van der Waals surface area contributed by atoms with E-state index in [2.05, 4.69) is 5.32 Å². The summed E-state index contributed by atoms with van der Waals surface area (Å²) >= 11 is 0. The monoisotopic (exact) mass is 254 g/mol. The average Bonchev–Trinajstić information content (AvgIpc) is 2.40. The lowest BCUT2D eigenvalue weighted by molar-refractivity contribution is 0.101. The maximum Gasteiger partial charge on any atom is 0.163 e. The first-order chi connectivity index (χ1) is 9.04. The van der Waals surface area contributed by atoms with Crippen molar-refractivity contribution < 1.29 is 9.18 Å². The molecule has 0 aromatic heterocycles. The third kappa shape index (κ3) is 2.94. The van der Waals surface area contributed by atoms with Gasteiger partial charge in [-0.2, -0.15) is 15.8 Å². The Morgan fingerprint density at radius 1 is 1.21 bits per heavy atom. The van der Waals surface area contributed by atoms with Gasteiger partial charge in [0.05, 0.1) is 5.69 Å². The molecule has 0 heterocycles. The number of para-hydroxylation sites is 1. The van der Waals surface area contributed by atoms with Crippen molar-refractivity contribution >= 4 is 11.5 Å². The molecule has 5 nitrogen and oxygen atoms in total. The number of hydrogen-bond donors (Lipinski definition) is 1. The second-order valence-corrected chi connectivity index (χ2v) is 3.43. The maximum atomic E-state index is 13.7. The largest absolute Gasteiger partial charge is 0.342 e. The topological polar surface area (TPSA) is 100 Å². The highest BCUT2D eigenvalue weighted by atomic mass is 19.1. The van der Waals surface area contributed by atoms with Crippen LogP contribution < -0.4 is 5.32 Å². The fourth-order valence-corrected chi connectivity index (χ4v) is 1.35. The summed E-state index contributed by atoms with van der Waals surface area (Å²) in [6.07, 6.45) is 0. The third-order valence-electron chi connectivity index (χ3n) is 2.23. The number of hydrogen-bond acceptors (Lipinski definition) is 5. The summed E-state index contributed by atoms with van der Waals surface area (Å²) in [5.41, 5.74) is -1.09. The van der Waals surface area contributed by atoms with Crippen molar-refractivity contribution in [1.82, 2.24) is 0 Å². The highest BCUT2D eigenvalue weighted by Crippen LogP contribution is 2.22. The van der Waals surface area contributed by atoms with Crippen LogP contribution in [0, 0.1) is 39.8 Å². The molecule has 0 radical (unpaired) electrons. The number of carbonyl (C=O) groups excluding carboxylic acids is 1. The van der Waals surface area contributed by atoms with E-state index in [1.165, 1.54) is 31.2 Å². The Balaban J connectivity index is 3.40. The van der Waals surface area contributed by atoms with E-state index in [0.717, 1.165) is 6.07 Å². The highest BCUT2D eigenvalue weighted by molar-refractivity contribution is 6.00. The Kier molecular flexibility index (Phi) is 4.35. The first-order valence-electron chi connectivity index (χ1n) is 5.06. The van der Waals surface area contributed by atoms with Gasteiger partial charge in [0.2, 0.25) is 0 Å². The summed E-state index contributed by atoms with van der Waals surface area (Å²) in [4.78, 5) is 11.4. The fourth-order valence-electron chi connectivity index (χ4n) is 1.35. The van der Waals surface area contributed by atoms with Crippen LogP contribution in [0.5, 0.6) is 0 Å². The fraction of sp³-hybridized carbons (Fsp3) is 0.0769. The van der Waals surface area contributed by atoms with Crippen LogP contribution in [0.15, 0.2) is 29.5 Å². The van der Waals surface area contributed by atoms with E-state index in [1.54, 1.807) is 6.07 Å². The summed E-state index contributed by atoms with van der Waals surface area (Å²) in [7, 11) is 0. The van der Waals surface area contributed by atoms with Gasteiger partial charge in [0, 0.05) is 5.56 Å². The molecule has 0 atom stereocenters. The van der Waals surface area contributed by atoms with Crippen molar-refractivity contribution in [3.05, 3.63) is 40.8 Å². The molecule has 1 aromatic rings. The van der Waals surface area contributed by atoms with E-state index < -0.39 is 22.9 Å². The summed E-state index contributed by atoms with van der Waals surface area (Å²) in [5, 5.41) is 28.5. The molecule has 0 aliphatic rings. The van der Waals surface area contributed by atoms with Crippen LogP contribution in [0.1, 0.15) is 17.3 Å². The summed E-state index contributed by atoms with van der Waals surface area (Å²) in [6, 6.07) is 8.45. The number of halogens is 1. The number of ketones is 1. The van der Waals surface area contributed by atoms with Crippen molar-refractivity contribution in [2.24, 2.45) is 0 Å². The van der Waals surface area contributed by atoms with Gasteiger partial charge in [0.15, 0.2) is 11.4 Å². The summed E-state index contributed by atoms with van der Waals surface area (Å²) < 4.78 is 13.7. The third-order valence-corrected chi connectivity index (χ3v) is 2.23. The Labute approximate surface area is 108 Å². The van der Waals surface area contributed by atoms with Crippen LogP contribution in [0.25, 0.3) is 0 Å². The van der Waals surface area contributed by atoms with E-state index in [-0.39, 0.29) is 11.3 Å². The van der Waals surface area contributed by atoms with Crippen molar-refractivity contribution in [2.75, 3.05) is 5.32 Å². The number of nitriles is 3. The summed E-state index contributed by atoms with van der Waals surface area (Å²) in [5.74, 6) is -1.16. The molecule has 1 rings (SSSR count). The van der Waals surface area contributed by atoms with Crippen LogP contribution in [0.2, 0.25) is 0 Å². The van der Waals surface area contributed by atoms with Gasteiger partial charge >= 0.3 is 0 Å². The number of allylic oxidation sites excluding steroid dienone is 2. The first-order valence-corrected chi connectivity index (χ1v) is 5.06. The molecule has 0 amide bonds. The Hall–Kier alpha value is -3.17. The lowest BCUT2D eigenvalue weighted by Crippen LogP contribution is -2.07. The Morgan fingerprint density at radius 3 is 2.32 bits per heavy atom. The van der Waals surface area contributed by atoms with Gasteiger partial charge in [0.25, 0.3) is 0 Å². The zero-order valence-electron chi connectivity index (χ0n) is 9.86. The number of nitrogens with one attached hydrogen (secondary N) is 1. The van der Waals surface area contributed by atoms with Gasteiger partial charge in [-0.3, -0.25) is 4.79 Å². The highest BCUT2D eigenvalue weighted by Gasteiger charge is 2.15. The van der Waals surface area contributed by atoms with Gasteiger partial charge in [-0.25, -0.2) is 4.39 Å². The predicted molar refractivity (Wildman–Crippen MR) is 63.9 cm³/mol. The quantitative estimate of drug-likeness (QED) is 0.658. The summed E-state index contributed by atoms with van der Waals surface area (Å²) in [6.45, 7) is 1.24. The number of Topliss-reactive ketones (excluding diaryl/α,β-unsaturated/α-hetero) is 1. The van der Waals surface area contributed by atoms with E-state index >= 15 is 0 Å². The lowest BCUT2D eigenvalue weighted by Gasteiger charge is -2.10. The van der Waals surface area contributed by atoms with Crippen LogP contribution in [0.3, 0.4) is 0 Å². The van der Waals surface area contributed by atoms with Gasteiger partial charge in [0.1, 0.15) is 29.7 Å². The minimum Gasteiger partial charge on any atom is -0.342 e. The van der Waals surface area contributed by atoms with Crippen molar-refractivity contribution in [3.8, 4) is 18.2 Å². The number of nitrogens with zero attached hydrogens (tertiary/aromatic N) is 3. The van der Waals surface area contributed by atoms with Gasteiger partial charge in [-0.1, -0.05) is 6.07 Å². The van der Waals surface area contributed by atoms with Crippen molar-refractivity contribution in [3.63, 3.8) is 0 Å². The zero-order valence-corrected chi connectivity index (χ0v) is 9.86. The second kappa shape index (κ2) is 5.95. The van der Waals surface area contributed by atoms with E-state index in [4.69, 9.17) is 15.8 Å². The molecule has 1 N–H and O–H groups in total. The van der Waals surface area contributed by atoms with Gasteiger partial charge < -0.3 is 5.32 Å². The molecule has 0 bridgehead atoms. The normalized spacial score (nSPS) is 8.58. The lowest BCUT2D eigenvalue weighted by atomic mass is 10.1. The van der Waals surface area contributed by atoms with E-state index in [0.29, 0.717) is 0 Å².